The Bertz CT molecular complexity index is 734. The Labute approximate surface area is 140 Å². The Balaban J connectivity index is 2.45. The van der Waals surface area contributed by atoms with Crippen molar-refractivity contribution >= 4 is 17.6 Å². The summed E-state index contributed by atoms with van der Waals surface area (Å²) < 4.78 is 35.4. The van der Waals surface area contributed by atoms with Crippen LogP contribution in [0.4, 0.5) is 10.1 Å². The summed E-state index contributed by atoms with van der Waals surface area (Å²) in [6.07, 6.45) is 1.37. The summed E-state index contributed by atoms with van der Waals surface area (Å²) in [5.74, 6) is 1.25. The molecule has 0 saturated carbocycles. The molecule has 0 aliphatic rings. The number of hydrogen-bond donors (Lipinski definition) is 1. The van der Waals surface area contributed by atoms with E-state index in [-0.39, 0.29) is 0 Å². The van der Waals surface area contributed by atoms with Crippen molar-refractivity contribution in [3.05, 3.63) is 41.5 Å². The van der Waals surface area contributed by atoms with Gasteiger partial charge in [-0.15, -0.1) is 0 Å². The van der Waals surface area contributed by atoms with E-state index < -0.39 is 5.83 Å². The number of anilines is 1. The van der Waals surface area contributed by atoms with E-state index in [9.17, 15) is 4.39 Å². The molecule has 2 aromatic rings. The molecular weight excluding hydrogens is 313 g/mol. The van der Waals surface area contributed by atoms with Crippen molar-refractivity contribution in [2.24, 2.45) is 0 Å². The lowest BCUT2D eigenvalue weighted by molar-refractivity contribution is 0.324. The third kappa shape index (κ3) is 3.53. The van der Waals surface area contributed by atoms with E-state index in [4.69, 9.17) is 24.7 Å². The van der Waals surface area contributed by atoms with E-state index in [1.807, 2.05) is 0 Å². The largest absolute Gasteiger partial charge is 0.495 e. The number of hydrogen-bond acceptors (Lipinski definition) is 5. The summed E-state index contributed by atoms with van der Waals surface area (Å²) in [6.45, 7) is 0. The van der Waals surface area contributed by atoms with E-state index in [1.54, 1.807) is 30.3 Å². The Morgan fingerprint density at radius 3 is 1.92 bits per heavy atom. The highest BCUT2D eigenvalue weighted by Gasteiger charge is 2.15. The molecule has 2 aromatic carbocycles. The molecular formula is C18H20FNO4. The molecule has 0 spiro atoms. The van der Waals surface area contributed by atoms with Crippen molar-refractivity contribution in [3.63, 3.8) is 0 Å². The summed E-state index contributed by atoms with van der Waals surface area (Å²) in [4.78, 5) is 0. The van der Waals surface area contributed by atoms with Gasteiger partial charge in [-0.1, -0.05) is 6.07 Å². The van der Waals surface area contributed by atoms with Gasteiger partial charge in [-0.2, -0.15) is 0 Å². The third-order valence-electron chi connectivity index (χ3n) is 3.49. The van der Waals surface area contributed by atoms with Crippen molar-refractivity contribution in [3.8, 4) is 23.0 Å². The standard InChI is InChI=1S/C18H20FNO4/c1-21-15-6-5-11(8-14(15)20)7-13(19)12-9-16(22-2)18(24-4)17(10-12)23-3/h5-10H,20H2,1-4H3/b13-7-. The zero-order chi connectivity index (χ0) is 17.7. The van der Waals surface area contributed by atoms with Crippen molar-refractivity contribution in [1.29, 1.82) is 0 Å². The van der Waals surface area contributed by atoms with Crippen LogP contribution in [0.1, 0.15) is 11.1 Å². The second-order valence-electron chi connectivity index (χ2n) is 4.91. The van der Waals surface area contributed by atoms with Crippen molar-refractivity contribution in [2.75, 3.05) is 34.2 Å². The van der Waals surface area contributed by atoms with Crippen LogP contribution >= 0.6 is 0 Å². The number of benzene rings is 2. The second kappa shape index (κ2) is 7.59. The highest BCUT2D eigenvalue weighted by atomic mass is 19.1. The molecule has 0 heterocycles. The van der Waals surface area contributed by atoms with E-state index in [0.717, 1.165) is 0 Å². The van der Waals surface area contributed by atoms with E-state index in [1.165, 1.54) is 34.5 Å². The van der Waals surface area contributed by atoms with Crippen molar-refractivity contribution in [2.45, 2.75) is 0 Å². The van der Waals surface area contributed by atoms with Crippen LogP contribution in [0, 0.1) is 0 Å². The molecule has 24 heavy (non-hydrogen) atoms. The van der Waals surface area contributed by atoms with Gasteiger partial charge in [-0.25, -0.2) is 4.39 Å². The third-order valence-corrected chi connectivity index (χ3v) is 3.49. The molecule has 0 radical (unpaired) electrons. The summed E-state index contributed by atoms with van der Waals surface area (Å²) in [5.41, 5.74) is 7.19. The summed E-state index contributed by atoms with van der Waals surface area (Å²) >= 11 is 0. The molecule has 6 heteroatoms. The molecule has 2 rings (SSSR count). The monoisotopic (exact) mass is 333 g/mol. The fourth-order valence-corrected chi connectivity index (χ4v) is 2.29. The van der Waals surface area contributed by atoms with Crippen molar-refractivity contribution < 1.29 is 23.3 Å². The zero-order valence-electron chi connectivity index (χ0n) is 14.1. The molecule has 0 aromatic heterocycles. The maximum atomic E-state index is 14.6. The first-order valence-electron chi connectivity index (χ1n) is 7.15. The van der Waals surface area contributed by atoms with Crippen LogP contribution in [-0.4, -0.2) is 28.4 Å². The van der Waals surface area contributed by atoms with Crippen LogP contribution in [0.5, 0.6) is 23.0 Å². The van der Waals surface area contributed by atoms with Crippen LogP contribution in [-0.2, 0) is 0 Å². The highest BCUT2D eigenvalue weighted by Crippen LogP contribution is 2.40. The van der Waals surface area contributed by atoms with Gasteiger partial charge in [0.25, 0.3) is 0 Å². The van der Waals surface area contributed by atoms with Crippen LogP contribution in [0.25, 0.3) is 11.9 Å². The summed E-state index contributed by atoms with van der Waals surface area (Å²) in [5, 5.41) is 0. The average molecular weight is 333 g/mol. The van der Waals surface area contributed by atoms with Crippen LogP contribution in [0.3, 0.4) is 0 Å². The summed E-state index contributed by atoms with van der Waals surface area (Å²) in [7, 11) is 5.98. The molecule has 0 unspecified atom stereocenters. The SMILES string of the molecule is COc1ccc(/C=C(\F)c2cc(OC)c(OC)c(OC)c2)cc1N. The van der Waals surface area contributed by atoms with E-state index in [0.29, 0.717) is 39.8 Å². The Kier molecular flexibility index (Phi) is 5.52. The molecule has 0 saturated heterocycles. The van der Waals surface area contributed by atoms with Gasteiger partial charge in [0.1, 0.15) is 11.6 Å². The second-order valence-corrected chi connectivity index (χ2v) is 4.91. The lowest BCUT2D eigenvalue weighted by atomic mass is 10.1. The molecule has 0 aliphatic carbocycles. The van der Waals surface area contributed by atoms with Gasteiger partial charge >= 0.3 is 0 Å². The van der Waals surface area contributed by atoms with Crippen LogP contribution < -0.4 is 24.7 Å². The molecule has 5 nitrogen and oxygen atoms in total. The van der Waals surface area contributed by atoms with Crippen molar-refractivity contribution in [1.82, 2.24) is 0 Å². The van der Waals surface area contributed by atoms with Crippen LogP contribution in [0.2, 0.25) is 0 Å². The van der Waals surface area contributed by atoms with E-state index >= 15 is 0 Å². The Hall–Kier alpha value is -2.89. The van der Waals surface area contributed by atoms with Gasteiger partial charge in [-0.3, -0.25) is 0 Å². The molecule has 128 valence electrons. The fourth-order valence-electron chi connectivity index (χ4n) is 2.29. The molecule has 0 fully saturated rings. The lowest BCUT2D eigenvalue weighted by Crippen LogP contribution is -1.96. The summed E-state index contributed by atoms with van der Waals surface area (Å²) in [6, 6.07) is 8.12. The van der Waals surface area contributed by atoms with Gasteiger partial charge in [0.05, 0.1) is 34.1 Å². The number of rotatable bonds is 6. The molecule has 2 N–H and O–H groups in total. The average Bonchev–Trinajstić information content (AvgIpc) is 2.60. The first-order valence-corrected chi connectivity index (χ1v) is 7.15. The molecule has 0 amide bonds. The number of ether oxygens (including phenoxy) is 4. The Morgan fingerprint density at radius 2 is 1.46 bits per heavy atom. The predicted molar refractivity (Wildman–Crippen MR) is 92.5 cm³/mol. The highest BCUT2D eigenvalue weighted by molar-refractivity contribution is 5.80. The minimum absolute atomic E-state index is 0.305. The fraction of sp³-hybridized carbons (Fsp3) is 0.222. The first kappa shape index (κ1) is 17.5. The van der Waals surface area contributed by atoms with Gasteiger partial charge in [0.15, 0.2) is 11.5 Å². The normalized spacial score (nSPS) is 11.1. The zero-order valence-corrected chi connectivity index (χ0v) is 14.1. The molecule has 0 aliphatic heterocycles. The van der Waals surface area contributed by atoms with Gasteiger partial charge in [-0.05, 0) is 35.9 Å². The maximum absolute atomic E-state index is 14.6. The minimum atomic E-state index is -0.459. The molecule has 0 bridgehead atoms. The lowest BCUT2D eigenvalue weighted by Gasteiger charge is -2.13. The predicted octanol–water partition coefficient (Wildman–Crippen LogP) is 3.77. The topological polar surface area (TPSA) is 62.9 Å². The van der Waals surface area contributed by atoms with Gasteiger partial charge in [0.2, 0.25) is 5.75 Å². The number of methoxy groups -OCH3 is 4. The first-order chi connectivity index (χ1) is 11.5. The Morgan fingerprint density at radius 1 is 0.875 bits per heavy atom. The van der Waals surface area contributed by atoms with E-state index in [2.05, 4.69) is 0 Å². The quantitative estimate of drug-likeness (QED) is 0.644. The minimum Gasteiger partial charge on any atom is -0.495 e. The maximum Gasteiger partial charge on any atom is 0.203 e. The molecule has 0 atom stereocenters. The van der Waals surface area contributed by atoms with Crippen LogP contribution in [0.15, 0.2) is 30.3 Å². The smallest absolute Gasteiger partial charge is 0.203 e. The number of halogens is 1. The number of nitrogen functional groups attached to an aromatic ring is 1. The number of nitrogens with two attached hydrogens (primary N) is 1. The van der Waals surface area contributed by atoms with Gasteiger partial charge in [0, 0.05) is 5.56 Å². The van der Waals surface area contributed by atoms with Gasteiger partial charge < -0.3 is 24.7 Å².